The van der Waals surface area contributed by atoms with Crippen LogP contribution in [-0.4, -0.2) is 44.4 Å². The first-order valence-corrected chi connectivity index (χ1v) is 12.6. The molecule has 0 amide bonds. The third-order valence-electron chi connectivity index (χ3n) is 7.67. The van der Waals surface area contributed by atoms with E-state index in [1.165, 1.54) is 12.1 Å². The van der Waals surface area contributed by atoms with Gasteiger partial charge in [0.25, 0.3) is 0 Å². The number of hydrogen-bond acceptors (Lipinski definition) is 7. The van der Waals surface area contributed by atoms with Crippen LogP contribution in [0.1, 0.15) is 77.5 Å². The van der Waals surface area contributed by atoms with Crippen molar-refractivity contribution >= 4 is 11.9 Å². The van der Waals surface area contributed by atoms with E-state index in [1.54, 1.807) is 13.0 Å². The molecule has 188 valence electrons. The molecule has 4 heterocycles. The minimum absolute atomic E-state index is 0.0197. The number of nitrogens with zero attached hydrogens (tertiary/aromatic N) is 4. The van der Waals surface area contributed by atoms with Crippen LogP contribution in [0.25, 0.3) is 11.3 Å². The third kappa shape index (κ3) is 4.15. The molecule has 0 unspecified atom stereocenters. The second kappa shape index (κ2) is 8.96. The Kier molecular flexibility index (Phi) is 5.75. The van der Waals surface area contributed by atoms with Gasteiger partial charge in [-0.15, -0.1) is 0 Å². The molecule has 1 saturated carbocycles. The fraction of sp³-hybridized carbons (Fsp3) is 0.481. The van der Waals surface area contributed by atoms with Crippen LogP contribution < -0.4 is 4.90 Å². The van der Waals surface area contributed by atoms with Gasteiger partial charge < -0.3 is 19.3 Å². The molecular formula is C27H29FN4O4. The number of carboxylic acids is 1. The maximum atomic E-state index is 14.8. The van der Waals surface area contributed by atoms with Gasteiger partial charge in [0.15, 0.2) is 5.69 Å². The van der Waals surface area contributed by atoms with Gasteiger partial charge in [-0.05, 0) is 70.1 Å². The number of aromatic carboxylic acids is 1. The zero-order valence-corrected chi connectivity index (χ0v) is 20.4. The summed E-state index contributed by atoms with van der Waals surface area (Å²) in [6.45, 7) is 4.00. The van der Waals surface area contributed by atoms with Crippen LogP contribution in [0.4, 0.5) is 10.3 Å². The summed E-state index contributed by atoms with van der Waals surface area (Å²) in [6.07, 6.45) is 5.71. The van der Waals surface area contributed by atoms with Gasteiger partial charge in [-0.3, -0.25) is 0 Å². The van der Waals surface area contributed by atoms with E-state index >= 15 is 0 Å². The summed E-state index contributed by atoms with van der Waals surface area (Å²) >= 11 is 0. The monoisotopic (exact) mass is 492 g/mol. The number of hydrogen-bond donors (Lipinski definition) is 1. The molecule has 9 heteroatoms. The highest BCUT2D eigenvalue weighted by atomic mass is 19.1. The van der Waals surface area contributed by atoms with Crippen molar-refractivity contribution in [2.45, 2.75) is 83.1 Å². The van der Waals surface area contributed by atoms with Gasteiger partial charge in [-0.25, -0.2) is 19.2 Å². The highest BCUT2D eigenvalue weighted by Gasteiger charge is 2.43. The number of halogens is 1. The number of piperidine rings is 1. The largest absolute Gasteiger partial charge is 0.477 e. The lowest BCUT2D eigenvalue weighted by atomic mass is 9.98. The average Bonchev–Trinajstić information content (AvgIpc) is 3.54. The normalized spacial score (nSPS) is 23.3. The molecule has 3 aromatic rings. The van der Waals surface area contributed by atoms with E-state index in [1.807, 2.05) is 13.0 Å². The molecule has 8 nitrogen and oxygen atoms in total. The molecule has 3 atom stereocenters. The van der Waals surface area contributed by atoms with Crippen molar-refractivity contribution in [2.24, 2.45) is 0 Å². The molecule has 1 aromatic carbocycles. The standard InChI is InChI=1S/C27H29FN4O4/c1-14-4-3-5-21(28)23(14)24-20(25(36-31-24)16-6-7-16)13-35-19-11-17-8-9-18(12-19)32(17)27-29-15(2)10-22(30-27)26(33)34/h3-5,10,16-19H,6-9,11-13H2,1-2H3,(H,33,34)/t17-,18+,19-. The number of ether oxygens (including phenoxy) is 1. The molecule has 2 saturated heterocycles. The molecule has 6 rings (SSSR count). The lowest BCUT2D eigenvalue weighted by Crippen LogP contribution is -2.46. The maximum absolute atomic E-state index is 14.8. The lowest BCUT2D eigenvalue weighted by molar-refractivity contribution is 0.0144. The number of aryl methyl sites for hydroxylation is 2. The van der Waals surface area contributed by atoms with Gasteiger partial charge in [-0.1, -0.05) is 17.3 Å². The van der Waals surface area contributed by atoms with Gasteiger partial charge in [-0.2, -0.15) is 0 Å². The van der Waals surface area contributed by atoms with Crippen LogP contribution in [0.2, 0.25) is 0 Å². The Morgan fingerprint density at radius 1 is 1.17 bits per heavy atom. The second-order valence-electron chi connectivity index (χ2n) is 10.3. The number of rotatable bonds is 7. The van der Waals surface area contributed by atoms with Gasteiger partial charge >= 0.3 is 5.97 Å². The highest BCUT2D eigenvalue weighted by molar-refractivity contribution is 5.85. The zero-order valence-electron chi connectivity index (χ0n) is 20.4. The Balaban J connectivity index is 1.21. The molecule has 3 aliphatic rings. The van der Waals surface area contributed by atoms with Crippen molar-refractivity contribution in [1.82, 2.24) is 15.1 Å². The van der Waals surface area contributed by atoms with E-state index < -0.39 is 5.97 Å². The second-order valence-corrected chi connectivity index (χ2v) is 10.3. The summed E-state index contributed by atoms with van der Waals surface area (Å²) in [5.74, 6) is 0.288. The van der Waals surface area contributed by atoms with Crippen LogP contribution in [-0.2, 0) is 11.3 Å². The first kappa shape index (κ1) is 23.1. The van der Waals surface area contributed by atoms with Crippen LogP contribution in [0, 0.1) is 19.7 Å². The van der Waals surface area contributed by atoms with Crippen molar-refractivity contribution in [1.29, 1.82) is 0 Å². The minimum atomic E-state index is -1.05. The van der Waals surface area contributed by atoms with Gasteiger partial charge in [0.2, 0.25) is 5.95 Å². The number of carbonyl (C=O) groups is 1. The lowest BCUT2D eigenvalue weighted by Gasteiger charge is -2.39. The van der Waals surface area contributed by atoms with Crippen molar-refractivity contribution in [3.8, 4) is 11.3 Å². The number of benzene rings is 1. The van der Waals surface area contributed by atoms with Crippen LogP contribution >= 0.6 is 0 Å². The Bertz CT molecular complexity index is 1290. The van der Waals surface area contributed by atoms with Crippen molar-refractivity contribution in [2.75, 3.05) is 4.90 Å². The topological polar surface area (TPSA) is 102 Å². The van der Waals surface area contributed by atoms with Crippen molar-refractivity contribution < 1.29 is 23.6 Å². The fourth-order valence-electron chi connectivity index (χ4n) is 5.82. The van der Waals surface area contributed by atoms with E-state index in [9.17, 15) is 14.3 Å². The Labute approximate surface area is 208 Å². The molecule has 1 aliphatic carbocycles. The number of aromatic nitrogens is 3. The first-order valence-electron chi connectivity index (χ1n) is 12.6. The van der Waals surface area contributed by atoms with Gasteiger partial charge in [0.05, 0.1) is 12.7 Å². The number of anilines is 1. The third-order valence-corrected chi connectivity index (χ3v) is 7.67. The predicted molar refractivity (Wildman–Crippen MR) is 129 cm³/mol. The van der Waals surface area contributed by atoms with Gasteiger partial charge in [0, 0.05) is 34.8 Å². The fourth-order valence-corrected chi connectivity index (χ4v) is 5.82. The Hall–Kier alpha value is -3.33. The van der Waals surface area contributed by atoms with Crippen molar-refractivity contribution in [3.63, 3.8) is 0 Å². The quantitative estimate of drug-likeness (QED) is 0.481. The summed E-state index contributed by atoms with van der Waals surface area (Å²) in [6, 6.07) is 6.91. The van der Waals surface area contributed by atoms with Crippen LogP contribution in [0.5, 0.6) is 0 Å². The smallest absolute Gasteiger partial charge is 0.354 e. The minimum Gasteiger partial charge on any atom is -0.477 e. The highest BCUT2D eigenvalue weighted by Crippen LogP contribution is 2.45. The summed E-state index contributed by atoms with van der Waals surface area (Å²) in [5, 5.41) is 13.7. The number of carboxylic acid groups (broad SMARTS) is 1. The molecular weight excluding hydrogens is 463 g/mol. The van der Waals surface area contributed by atoms with E-state index in [0.717, 1.165) is 55.4 Å². The van der Waals surface area contributed by atoms with E-state index in [0.29, 0.717) is 35.4 Å². The molecule has 3 fully saturated rings. The van der Waals surface area contributed by atoms with E-state index in [4.69, 9.17) is 9.26 Å². The van der Waals surface area contributed by atoms with Crippen LogP contribution in [0.15, 0.2) is 28.8 Å². The summed E-state index contributed by atoms with van der Waals surface area (Å²) in [7, 11) is 0. The predicted octanol–water partition coefficient (Wildman–Crippen LogP) is 5.18. The van der Waals surface area contributed by atoms with Crippen molar-refractivity contribution in [3.05, 3.63) is 58.4 Å². The Morgan fingerprint density at radius 3 is 2.58 bits per heavy atom. The van der Waals surface area contributed by atoms with E-state index in [-0.39, 0.29) is 29.7 Å². The van der Waals surface area contributed by atoms with Gasteiger partial charge in [0.1, 0.15) is 17.3 Å². The molecule has 1 N–H and O–H groups in total. The molecule has 36 heavy (non-hydrogen) atoms. The molecule has 2 aromatic heterocycles. The summed E-state index contributed by atoms with van der Waals surface area (Å²) < 4.78 is 27.0. The SMILES string of the molecule is Cc1cc(C(=O)O)nc(N2[C@@H]3CC[C@H]2C[C@H](OCc2c(-c4c(C)cccc4F)noc2C2CC2)C3)n1. The van der Waals surface area contributed by atoms with Crippen LogP contribution in [0.3, 0.4) is 0 Å². The molecule has 0 radical (unpaired) electrons. The average molecular weight is 493 g/mol. The zero-order chi connectivity index (χ0) is 25.0. The summed E-state index contributed by atoms with van der Waals surface area (Å²) in [5.41, 5.74) is 3.36. The number of fused-ring (bicyclic) bond motifs is 2. The first-order chi connectivity index (χ1) is 17.4. The summed E-state index contributed by atoms with van der Waals surface area (Å²) in [4.78, 5) is 22.6. The molecule has 2 aliphatic heterocycles. The maximum Gasteiger partial charge on any atom is 0.354 e. The Morgan fingerprint density at radius 2 is 1.92 bits per heavy atom. The van der Waals surface area contributed by atoms with E-state index in [2.05, 4.69) is 20.0 Å². The molecule has 0 spiro atoms. The molecule has 2 bridgehead atoms.